The van der Waals surface area contributed by atoms with Crippen LogP contribution in [0.4, 0.5) is 5.82 Å². The molecule has 20 heavy (non-hydrogen) atoms. The Labute approximate surface area is 127 Å². The third-order valence-corrected chi connectivity index (χ3v) is 3.09. The number of pyridine rings is 1. The summed E-state index contributed by atoms with van der Waals surface area (Å²) in [5, 5.41) is 3.77. The van der Waals surface area contributed by atoms with Gasteiger partial charge in [0.1, 0.15) is 5.82 Å². The van der Waals surface area contributed by atoms with Crippen LogP contribution in [-0.4, -0.2) is 10.9 Å². The average Bonchev–Trinajstić information content (AvgIpc) is 2.40. The molecule has 2 aromatic rings. The summed E-state index contributed by atoms with van der Waals surface area (Å²) in [4.78, 5) is 16.0. The number of rotatable bonds is 3. The zero-order valence-electron chi connectivity index (χ0n) is 10.7. The van der Waals surface area contributed by atoms with Crippen LogP contribution in [-0.2, 0) is 4.79 Å². The van der Waals surface area contributed by atoms with Crippen molar-refractivity contribution < 1.29 is 4.79 Å². The number of nitrogens with zero attached hydrogens (tertiary/aromatic N) is 1. The van der Waals surface area contributed by atoms with E-state index < -0.39 is 0 Å². The van der Waals surface area contributed by atoms with Crippen LogP contribution in [0.2, 0.25) is 10.0 Å². The van der Waals surface area contributed by atoms with Crippen LogP contribution >= 0.6 is 23.2 Å². The Kier molecular flexibility index (Phi) is 4.77. The van der Waals surface area contributed by atoms with Gasteiger partial charge in [-0.25, -0.2) is 4.98 Å². The Morgan fingerprint density at radius 3 is 2.80 bits per heavy atom. The van der Waals surface area contributed by atoms with Crippen molar-refractivity contribution in [3.8, 4) is 0 Å². The van der Waals surface area contributed by atoms with Crippen molar-refractivity contribution in [1.82, 2.24) is 4.98 Å². The van der Waals surface area contributed by atoms with E-state index >= 15 is 0 Å². The van der Waals surface area contributed by atoms with E-state index in [1.165, 1.54) is 6.08 Å². The number of hydrogen-bond donors (Lipinski definition) is 1. The van der Waals surface area contributed by atoms with E-state index in [2.05, 4.69) is 10.3 Å². The van der Waals surface area contributed by atoms with Gasteiger partial charge >= 0.3 is 0 Å². The molecule has 0 saturated heterocycles. The molecule has 1 aromatic carbocycles. The number of amides is 1. The third kappa shape index (κ3) is 4.08. The molecule has 0 bridgehead atoms. The lowest BCUT2D eigenvalue weighted by Gasteiger charge is -2.02. The fourth-order valence-corrected chi connectivity index (χ4v) is 1.95. The maximum Gasteiger partial charge on any atom is 0.249 e. The molecule has 0 fully saturated rings. The molecule has 1 amide bonds. The van der Waals surface area contributed by atoms with E-state index in [1.54, 1.807) is 30.3 Å². The van der Waals surface area contributed by atoms with Crippen molar-refractivity contribution in [3.05, 3.63) is 63.8 Å². The van der Waals surface area contributed by atoms with Gasteiger partial charge in [0.2, 0.25) is 5.91 Å². The first-order chi connectivity index (χ1) is 9.54. The number of carbonyl (C=O) groups is 1. The molecule has 1 N–H and O–H groups in total. The highest BCUT2D eigenvalue weighted by molar-refractivity contribution is 6.34. The van der Waals surface area contributed by atoms with Crippen molar-refractivity contribution in [2.45, 2.75) is 6.92 Å². The Bertz CT molecular complexity index is 669. The van der Waals surface area contributed by atoms with Crippen LogP contribution in [0, 0.1) is 6.92 Å². The zero-order valence-corrected chi connectivity index (χ0v) is 12.2. The van der Waals surface area contributed by atoms with Gasteiger partial charge in [0.25, 0.3) is 0 Å². The second-order valence-corrected chi connectivity index (χ2v) is 5.00. The summed E-state index contributed by atoms with van der Waals surface area (Å²) in [6, 6.07) is 10.5. The molecule has 0 aliphatic heterocycles. The summed E-state index contributed by atoms with van der Waals surface area (Å²) >= 11 is 11.9. The summed E-state index contributed by atoms with van der Waals surface area (Å²) in [6.07, 6.45) is 3.00. The SMILES string of the molecule is Cc1cccc(NC(=O)/C=C/c2cc(Cl)ccc2Cl)n1. The van der Waals surface area contributed by atoms with E-state index in [0.717, 1.165) is 5.69 Å². The highest BCUT2D eigenvalue weighted by Gasteiger charge is 2.01. The van der Waals surface area contributed by atoms with E-state index in [1.807, 2.05) is 19.1 Å². The molecule has 0 atom stereocenters. The minimum absolute atomic E-state index is 0.279. The van der Waals surface area contributed by atoms with Crippen molar-refractivity contribution in [2.24, 2.45) is 0 Å². The quantitative estimate of drug-likeness (QED) is 0.857. The highest BCUT2D eigenvalue weighted by Crippen LogP contribution is 2.21. The predicted octanol–water partition coefficient (Wildman–Crippen LogP) is 4.35. The molecular formula is C15H12Cl2N2O. The molecule has 3 nitrogen and oxygen atoms in total. The van der Waals surface area contributed by atoms with Crippen molar-refractivity contribution in [2.75, 3.05) is 5.32 Å². The van der Waals surface area contributed by atoms with Gasteiger partial charge in [-0.2, -0.15) is 0 Å². The normalized spacial score (nSPS) is 10.8. The number of nitrogens with one attached hydrogen (secondary N) is 1. The number of aryl methyl sites for hydroxylation is 1. The summed E-state index contributed by atoms with van der Waals surface area (Å²) in [6.45, 7) is 1.86. The van der Waals surface area contributed by atoms with Crippen molar-refractivity contribution >= 4 is 41.0 Å². The van der Waals surface area contributed by atoms with E-state index in [-0.39, 0.29) is 5.91 Å². The van der Waals surface area contributed by atoms with E-state index in [4.69, 9.17) is 23.2 Å². The molecule has 102 valence electrons. The van der Waals surface area contributed by atoms with E-state index in [9.17, 15) is 4.79 Å². The van der Waals surface area contributed by atoms with Gasteiger partial charge in [-0.15, -0.1) is 0 Å². The molecule has 0 aliphatic rings. The predicted molar refractivity (Wildman–Crippen MR) is 83.1 cm³/mol. The van der Waals surface area contributed by atoms with Gasteiger partial charge in [-0.05, 0) is 48.9 Å². The van der Waals surface area contributed by atoms with Gasteiger partial charge in [0, 0.05) is 21.8 Å². The molecule has 2 rings (SSSR count). The monoisotopic (exact) mass is 306 g/mol. The Morgan fingerprint density at radius 2 is 2.05 bits per heavy atom. The minimum Gasteiger partial charge on any atom is -0.307 e. The molecule has 0 radical (unpaired) electrons. The Balaban J connectivity index is 2.07. The lowest BCUT2D eigenvalue weighted by Crippen LogP contribution is -2.09. The summed E-state index contributed by atoms with van der Waals surface area (Å²) in [5.74, 6) is 0.232. The molecule has 0 unspecified atom stereocenters. The zero-order chi connectivity index (χ0) is 14.5. The molecule has 0 aliphatic carbocycles. The number of halogens is 2. The third-order valence-electron chi connectivity index (χ3n) is 2.51. The maximum absolute atomic E-state index is 11.8. The summed E-state index contributed by atoms with van der Waals surface area (Å²) in [7, 11) is 0. The van der Waals surface area contributed by atoms with Crippen LogP contribution in [0.3, 0.4) is 0 Å². The molecule has 0 spiro atoms. The van der Waals surface area contributed by atoms with Crippen LogP contribution in [0.5, 0.6) is 0 Å². The van der Waals surface area contributed by atoms with Gasteiger partial charge in [-0.1, -0.05) is 29.3 Å². The first-order valence-electron chi connectivity index (χ1n) is 5.92. The number of carbonyl (C=O) groups excluding carboxylic acids is 1. The smallest absolute Gasteiger partial charge is 0.249 e. The lowest BCUT2D eigenvalue weighted by molar-refractivity contribution is -0.111. The van der Waals surface area contributed by atoms with Crippen LogP contribution in [0.25, 0.3) is 6.08 Å². The van der Waals surface area contributed by atoms with Gasteiger partial charge in [0.15, 0.2) is 0 Å². The topological polar surface area (TPSA) is 42.0 Å². The fourth-order valence-electron chi connectivity index (χ4n) is 1.59. The van der Waals surface area contributed by atoms with Crippen LogP contribution in [0.15, 0.2) is 42.5 Å². The molecule has 5 heteroatoms. The lowest BCUT2D eigenvalue weighted by atomic mass is 10.2. The van der Waals surface area contributed by atoms with Crippen LogP contribution in [0.1, 0.15) is 11.3 Å². The minimum atomic E-state index is -0.279. The second kappa shape index (κ2) is 6.55. The first-order valence-corrected chi connectivity index (χ1v) is 6.68. The molecule has 1 aromatic heterocycles. The van der Waals surface area contributed by atoms with Crippen LogP contribution < -0.4 is 5.32 Å². The number of aromatic nitrogens is 1. The average molecular weight is 307 g/mol. The summed E-state index contributed by atoms with van der Waals surface area (Å²) in [5.41, 5.74) is 1.52. The van der Waals surface area contributed by atoms with Crippen molar-refractivity contribution in [3.63, 3.8) is 0 Å². The Hall–Kier alpha value is -1.84. The molecule has 0 saturated carbocycles. The van der Waals surface area contributed by atoms with Gasteiger partial charge < -0.3 is 5.32 Å². The molecule has 1 heterocycles. The van der Waals surface area contributed by atoms with Gasteiger partial charge in [-0.3, -0.25) is 4.79 Å². The van der Waals surface area contributed by atoms with E-state index in [0.29, 0.717) is 21.4 Å². The standard InChI is InChI=1S/C15H12Cl2N2O/c1-10-3-2-4-14(18-10)19-15(20)8-5-11-9-12(16)6-7-13(11)17/h2-9H,1H3,(H,18,19,20)/b8-5+. The number of anilines is 1. The first kappa shape index (κ1) is 14.6. The Morgan fingerprint density at radius 1 is 1.25 bits per heavy atom. The fraction of sp³-hybridized carbons (Fsp3) is 0.0667. The van der Waals surface area contributed by atoms with Gasteiger partial charge in [0.05, 0.1) is 0 Å². The number of benzene rings is 1. The largest absolute Gasteiger partial charge is 0.307 e. The summed E-state index contributed by atoms with van der Waals surface area (Å²) < 4.78 is 0. The molecular weight excluding hydrogens is 295 g/mol. The highest BCUT2D eigenvalue weighted by atomic mass is 35.5. The van der Waals surface area contributed by atoms with Crippen molar-refractivity contribution in [1.29, 1.82) is 0 Å². The maximum atomic E-state index is 11.8. The number of hydrogen-bond acceptors (Lipinski definition) is 2. The second-order valence-electron chi connectivity index (χ2n) is 4.15.